The number of fused-ring (bicyclic) bond motifs is 1. The molecule has 3 aromatic rings. The van der Waals surface area contributed by atoms with E-state index in [1.807, 2.05) is 43.3 Å². The quantitative estimate of drug-likeness (QED) is 0.415. The predicted octanol–water partition coefficient (Wildman–Crippen LogP) is 4.81. The van der Waals surface area contributed by atoms with Gasteiger partial charge < -0.3 is 10.3 Å². The lowest BCUT2D eigenvalue weighted by molar-refractivity contribution is -0.121. The number of unbranched alkanes of at least 4 members (excludes halogenated alkanes) is 2. The number of aromatic amines is 1. The molecule has 0 saturated carbocycles. The molecule has 0 aliphatic rings. The Hall–Kier alpha value is -2.73. The summed E-state index contributed by atoms with van der Waals surface area (Å²) < 4.78 is 2.05. The number of hydrogen-bond acceptors (Lipinski definition) is 3. The summed E-state index contributed by atoms with van der Waals surface area (Å²) in [5, 5.41) is 3.71. The fourth-order valence-electron chi connectivity index (χ4n) is 3.60. The van der Waals surface area contributed by atoms with Crippen molar-refractivity contribution in [3.8, 4) is 0 Å². The minimum atomic E-state index is -0.0610. The maximum absolute atomic E-state index is 12.6. The summed E-state index contributed by atoms with van der Waals surface area (Å²) in [5.74, 6) is 0.0564. The molecule has 1 amide bonds. The fourth-order valence-corrected chi connectivity index (χ4v) is 3.88. The van der Waals surface area contributed by atoms with Crippen molar-refractivity contribution in [3.63, 3.8) is 0 Å². The van der Waals surface area contributed by atoms with E-state index in [1.54, 1.807) is 10.6 Å². The molecule has 3 rings (SSSR count). The molecule has 2 N–H and O–H groups in total. The van der Waals surface area contributed by atoms with E-state index in [2.05, 4.69) is 23.3 Å². The van der Waals surface area contributed by atoms with Crippen LogP contribution in [0.2, 0.25) is 0 Å². The van der Waals surface area contributed by atoms with Gasteiger partial charge in [0.25, 0.3) is 5.56 Å². The third-order valence-corrected chi connectivity index (χ3v) is 5.53. The van der Waals surface area contributed by atoms with Gasteiger partial charge in [0.1, 0.15) is 0 Å². The number of benzene rings is 2. The Kier molecular flexibility index (Phi) is 6.99. The van der Waals surface area contributed by atoms with Gasteiger partial charge in [-0.25, -0.2) is 0 Å². The Morgan fingerprint density at radius 1 is 1.10 bits per heavy atom. The van der Waals surface area contributed by atoms with Crippen LogP contribution in [-0.2, 0) is 11.3 Å². The number of carbonyl (C=O) groups excluding carboxylic acids is 1. The van der Waals surface area contributed by atoms with Gasteiger partial charge in [-0.1, -0.05) is 42.8 Å². The third kappa shape index (κ3) is 5.21. The van der Waals surface area contributed by atoms with Crippen LogP contribution in [-0.4, -0.2) is 15.5 Å². The molecule has 0 saturated heterocycles. The zero-order chi connectivity index (χ0) is 20.8. The van der Waals surface area contributed by atoms with Gasteiger partial charge in [-0.05, 0) is 62.2 Å². The predicted molar refractivity (Wildman–Crippen MR) is 120 cm³/mol. The topological polar surface area (TPSA) is 66.9 Å². The van der Waals surface area contributed by atoms with Crippen LogP contribution in [0.4, 0.5) is 0 Å². The smallest absolute Gasteiger partial charge is 0.262 e. The maximum Gasteiger partial charge on any atom is 0.262 e. The fraction of sp³-hybridized carbons (Fsp3) is 0.348. The molecule has 1 atom stereocenters. The van der Waals surface area contributed by atoms with Crippen molar-refractivity contribution in [2.75, 3.05) is 0 Å². The zero-order valence-electron chi connectivity index (χ0n) is 16.9. The van der Waals surface area contributed by atoms with E-state index in [0.717, 1.165) is 30.3 Å². The molecule has 2 aromatic carbocycles. The van der Waals surface area contributed by atoms with E-state index in [-0.39, 0.29) is 17.5 Å². The number of para-hydroxylation sites is 1. The molecule has 0 radical (unpaired) electrons. The first-order valence-electron chi connectivity index (χ1n) is 10.0. The van der Waals surface area contributed by atoms with Crippen LogP contribution in [0.15, 0.2) is 53.3 Å². The molecule has 1 unspecified atom stereocenters. The van der Waals surface area contributed by atoms with Crippen molar-refractivity contribution in [1.29, 1.82) is 0 Å². The van der Waals surface area contributed by atoms with Gasteiger partial charge in [-0.3, -0.25) is 14.2 Å². The van der Waals surface area contributed by atoms with Crippen LogP contribution in [0, 0.1) is 11.7 Å². The highest BCUT2D eigenvalue weighted by molar-refractivity contribution is 7.71. The zero-order valence-corrected chi connectivity index (χ0v) is 17.7. The number of amides is 1. The van der Waals surface area contributed by atoms with Gasteiger partial charge in [0, 0.05) is 13.0 Å². The number of nitrogens with one attached hydrogen (secondary N) is 2. The van der Waals surface area contributed by atoms with E-state index in [0.29, 0.717) is 23.1 Å². The normalized spacial score (nSPS) is 12.1. The first-order valence-corrected chi connectivity index (χ1v) is 10.4. The largest absolute Gasteiger partial charge is 0.350 e. The van der Waals surface area contributed by atoms with Crippen LogP contribution < -0.4 is 10.9 Å². The van der Waals surface area contributed by atoms with Crippen molar-refractivity contribution in [3.05, 3.63) is 74.8 Å². The van der Waals surface area contributed by atoms with Crippen molar-refractivity contribution < 1.29 is 4.79 Å². The second-order valence-electron chi connectivity index (χ2n) is 7.39. The van der Waals surface area contributed by atoms with Crippen LogP contribution in [0.25, 0.3) is 10.9 Å². The second kappa shape index (κ2) is 9.65. The summed E-state index contributed by atoms with van der Waals surface area (Å²) in [4.78, 5) is 28.0. The monoisotopic (exact) mass is 409 g/mol. The molecule has 6 heteroatoms. The molecular formula is C23H27N3O2S. The van der Waals surface area contributed by atoms with E-state index in [1.165, 1.54) is 5.56 Å². The molecule has 0 aliphatic heterocycles. The van der Waals surface area contributed by atoms with Crippen molar-refractivity contribution in [1.82, 2.24) is 14.9 Å². The number of carbonyl (C=O) groups is 1. The number of hydrogen-bond donors (Lipinski definition) is 2. The van der Waals surface area contributed by atoms with Crippen molar-refractivity contribution in [2.45, 2.75) is 52.1 Å². The van der Waals surface area contributed by atoms with E-state index in [4.69, 9.17) is 12.2 Å². The van der Waals surface area contributed by atoms with Crippen molar-refractivity contribution in [2.24, 2.45) is 0 Å². The minimum Gasteiger partial charge on any atom is -0.350 e. The molecule has 0 fully saturated rings. The lowest BCUT2D eigenvalue weighted by atomic mass is 10.0. The van der Waals surface area contributed by atoms with Crippen LogP contribution >= 0.6 is 12.2 Å². The third-order valence-electron chi connectivity index (χ3n) is 5.21. The second-order valence-corrected chi connectivity index (χ2v) is 7.78. The number of aryl methyl sites for hydroxylation is 1. The first-order chi connectivity index (χ1) is 14.0. The van der Waals surface area contributed by atoms with E-state index >= 15 is 0 Å². The molecule has 1 aromatic heterocycles. The van der Waals surface area contributed by atoms with Gasteiger partial charge in [-0.15, -0.1) is 0 Å². The van der Waals surface area contributed by atoms with Gasteiger partial charge >= 0.3 is 0 Å². The van der Waals surface area contributed by atoms with Gasteiger partial charge in [-0.2, -0.15) is 0 Å². The van der Waals surface area contributed by atoms with Crippen molar-refractivity contribution >= 4 is 29.0 Å². The summed E-state index contributed by atoms with van der Waals surface area (Å²) in [6, 6.07) is 15.5. The summed E-state index contributed by atoms with van der Waals surface area (Å²) in [6.45, 7) is 4.62. The highest BCUT2D eigenvalue weighted by atomic mass is 32.1. The highest BCUT2D eigenvalue weighted by Crippen LogP contribution is 2.17. The molecule has 152 valence electrons. The van der Waals surface area contributed by atoms with Gasteiger partial charge in [0.2, 0.25) is 5.91 Å². The molecule has 0 aliphatic carbocycles. The molecule has 0 bridgehead atoms. The van der Waals surface area contributed by atoms with Crippen LogP contribution in [0.1, 0.15) is 49.8 Å². The van der Waals surface area contributed by atoms with E-state index in [9.17, 15) is 9.59 Å². The molecule has 1 heterocycles. The van der Waals surface area contributed by atoms with Gasteiger partial charge in [0.15, 0.2) is 4.77 Å². The highest BCUT2D eigenvalue weighted by Gasteiger charge is 2.11. The number of rotatable bonds is 8. The summed E-state index contributed by atoms with van der Waals surface area (Å²) in [7, 11) is 0. The number of H-pyrrole nitrogens is 1. The average Bonchev–Trinajstić information content (AvgIpc) is 2.70. The molecular weight excluding hydrogens is 382 g/mol. The standard InChI is InChI=1S/C23H27N3O2S/c1-16-10-5-6-11-18(16)17(2)24-21(27)14-4-3-9-15-26-22(28)19-12-7-8-13-20(19)25-23(26)29/h5-8,10-13,17H,3-4,9,14-15H2,1-2H3,(H,24,27)(H,25,29). The maximum atomic E-state index is 12.6. The van der Waals surface area contributed by atoms with E-state index < -0.39 is 0 Å². The van der Waals surface area contributed by atoms with Crippen LogP contribution in [0.3, 0.4) is 0 Å². The summed E-state index contributed by atoms with van der Waals surface area (Å²) in [6.07, 6.45) is 2.93. The molecule has 29 heavy (non-hydrogen) atoms. The Morgan fingerprint density at radius 3 is 2.62 bits per heavy atom. The Balaban J connectivity index is 1.47. The lowest BCUT2D eigenvalue weighted by Gasteiger charge is -2.16. The average molecular weight is 410 g/mol. The SMILES string of the molecule is Cc1ccccc1C(C)NC(=O)CCCCCn1c(=S)[nH]c2ccccc2c1=O. The Labute approximate surface area is 175 Å². The lowest BCUT2D eigenvalue weighted by Crippen LogP contribution is -2.26. The Bertz CT molecular complexity index is 1120. The number of aromatic nitrogens is 2. The Morgan fingerprint density at radius 2 is 1.83 bits per heavy atom. The first kappa shape index (κ1) is 21.0. The van der Waals surface area contributed by atoms with Gasteiger partial charge in [0.05, 0.1) is 16.9 Å². The number of nitrogens with zero attached hydrogens (tertiary/aromatic N) is 1. The summed E-state index contributed by atoms with van der Waals surface area (Å²) >= 11 is 5.33. The molecule has 5 nitrogen and oxygen atoms in total. The van der Waals surface area contributed by atoms with Crippen LogP contribution in [0.5, 0.6) is 0 Å². The minimum absolute atomic E-state index is 0.00168. The molecule has 0 spiro atoms. The summed E-state index contributed by atoms with van der Waals surface area (Å²) in [5.41, 5.74) is 3.02.